The van der Waals surface area contributed by atoms with Crippen LogP contribution in [-0.4, -0.2) is 45.7 Å². The maximum absolute atomic E-state index is 13.1. The summed E-state index contributed by atoms with van der Waals surface area (Å²) >= 11 is 1.01. The molecule has 2 rings (SSSR count). The fourth-order valence-electron chi connectivity index (χ4n) is 3.04. The molecule has 1 aromatic carbocycles. The van der Waals surface area contributed by atoms with Gasteiger partial charge in [-0.25, -0.2) is 4.79 Å². The average molecular weight is 447 g/mol. The van der Waals surface area contributed by atoms with Gasteiger partial charge in [0.15, 0.2) is 11.5 Å². The highest BCUT2D eigenvalue weighted by Gasteiger charge is 2.27. The first kappa shape index (κ1) is 23.9. The Balaban J connectivity index is 2.52. The van der Waals surface area contributed by atoms with Gasteiger partial charge in [0.25, 0.3) is 11.8 Å². The number of allylic oxidation sites excluding steroid dienone is 1. The molecule has 0 aliphatic heterocycles. The monoisotopic (exact) mass is 446 g/mol. The van der Waals surface area contributed by atoms with E-state index < -0.39 is 11.9 Å². The van der Waals surface area contributed by atoms with Gasteiger partial charge < -0.3 is 24.8 Å². The standard InChI is InChI=1S/C22H26N2O6S/c1-7-9-13-10-14(11-15(28-5)17(13)29-6)19(25)24-21-16(22(27)30-8-2)12(3)18(31-21)20(26)23-4/h7,10-11H,1,8-9H2,2-6H3,(H,23,26)(H,24,25). The molecule has 0 aliphatic carbocycles. The topological polar surface area (TPSA) is 103 Å². The Kier molecular flexibility index (Phi) is 8.21. The molecule has 0 fully saturated rings. The van der Waals surface area contributed by atoms with Gasteiger partial charge in [0.1, 0.15) is 5.00 Å². The van der Waals surface area contributed by atoms with Crippen molar-refractivity contribution in [3.05, 3.63) is 51.9 Å². The van der Waals surface area contributed by atoms with Crippen molar-refractivity contribution in [1.29, 1.82) is 0 Å². The van der Waals surface area contributed by atoms with Gasteiger partial charge in [0, 0.05) is 18.2 Å². The number of carbonyl (C=O) groups excluding carboxylic acids is 3. The Labute approximate surface area is 185 Å². The molecule has 0 atom stereocenters. The zero-order valence-electron chi connectivity index (χ0n) is 18.2. The lowest BCUT2D eigenvalue weighted by Gasteiger charge is -2.14. The number of carbonyl (C=O) groups is 3. The van der Waals surface area contributed by atoms with Crippen molar-refractivity contribution in [3.63, 3.8) is 0 Å². The Hall–Kier alpha value is -3.33. The van der Waals surface area contributed by atoms with Crippen LogP contribution in [-0.2, 0) is 11.2 Å². The number of anilines is 1. The lowest BCUT2D eigenvalue weighted by molar-refractivity contribution is 0.0527. The average Bonchev–Trinajstić information content (AvgIpc) is 3.08. The van der Waals surface area contributed by atoms with Crippen molar-refractivity contribution in [2.75, 3.05) is 33.2 Å². The maximum atomic E-state index is 13.1. The van der Waals surface area contributed by atoms with E-state index >= 15 is 0 Å². The largest absolute Gasteiger partial charge is 0.493 e. The number of nitrogens with one attached hydrogen (secondary N) is 2. The summed E-state index contributed by atoms with van der Waals surface area (Å²) in [6, 6.07) is 3.22. The second-order valence-corrected chi connectivity index (χ2v) is 7.40. The molecule has 31 heavy (non-hydrogen) atoms. The number of rotatable bonds is 9. The van der Waals surface area contributed by atoms with Gasteiger partial charge >= 0.3 is 5.97 Å². The number of ether oxygens (including phenoxy) is 3. The van der Waals surface area contributed by atoms with Gasteiger partial charge in [0.2, 0.25) is 0 Å². The van der Waals surface area contributed by atoms with Crippen LogP contribution in [0, 0.1) is 6.92 Å². The van der Waals surface area contributed by atoms with E-state index in [4.69, 9.17) is 14.2 Å². The first-order valence-corrected chi connectivity index (χ1v) is 10.3. The van der Waals surface area contributed by atoms with Gasteiger partial charge in [-0.3, -0.25) is 9.59 Å². The number of hydrogen-bond acceptors (Lipinski definition) is 7. The summed E-state index contributed by atoms with van der Waals surface area (Å²) in [6.07, 6.45) is 2.16. The maximum Gasteiger partial charge on any atom is 0.341 e. The highest BCUT2D eigenvalue weighted by atomic mass is 32.1. The number of amides is 2. The molecule has 9 heteroatoms. The van der Waals surface area contributed by atoms with Crippen molar-refractivity contribution in [2.45, 2.75) is 20.3 Å². The molecule has 2 N–H and O–H groups in total. The zero-order valence-corrected chi connectivity index (χ0v) is 19.0. The van der Waals surface area contributed by atoms with E-state index in [2.05, 4.69) is 17.2 Å². The van der Waals surface area contributed by atoms with Crippen LogP contribution in [0.1, 0.15) is 48.4 Å². The molecule has 0 spiro atoms. The van der Waals surface area contributed by atoms with Gasteiger partial charge in [-0.15, -0.1) is 17.9 Å². The molecule has 1 aromatic heterocycles. The van der Waals surface area contributed by atoms with Gasteiger partial charge in [-0.05, 0) is 38.0 Å². The number of thiophene rings is 1. The Bertz CT molecular complexity index is 1010. The van der Waals surface area contributed by atoms with Crippen LogP contribution in [0.25, 0.3) is 0 Å². The normalized spacial score (nSPS) is 10.2. The van der Waals surface area contributed by atoms with Crippen molar-refractivity contribution in [1.82, 2.24) is 5.32 Å². The summed E-state index contributed by atoms with van der Waals surface area (Å²) in [6.45, 7) is 7.22. The molecule has 0 unspecified atom stereocenters. The van der Waals surface area contributed by atoms with Gasteiger partial charge in [-0.1, -0.05) is 6.08 Å². The van der Waals surface area contributed by atoms with E-state index in [1.54, 1.807) is 32.1 Å². The third-order valence-electron chi connectivity index (χ3n) is 4.47. The molecule has 2 aromatic rings. The molecule has 0 saturated heterocycles. The third-order valence-corrected chi connectivity index (χ3v) is 5.67. The predicted octanol–water partition coefficient (Wildman–Crippen LogP) is 3.59. The van der Waals surface area contributed by atoms with Crippen molar-refractivity contribution >= 4 is 34.1 Å². The fourth-order valence-corrected chi connectivity index (χ4v) is 4.17. The van der Waals surface area contributed by atoms with E-state index in [0.717, 1.165) is 16.9 Å². The molecule has 1 heterocycles. The Morgan fingerprint density at radius 2 is 1.87 bits per heavy atom. The summed E-state index contributed by atoms with van der Waals surface area (Å²) in [5.74, 6) is -0.526. The molecule has 0 saturated carbocycles. The zero-order chi connectivity index (χ0) is 23.1. The highest BCUT2D eigenvalue weighted by molar-refractivity contribution is 7.18. The first-order valence-electron chi connectivity index (χ1n) is 9.52. The number of esters is 1. The minimum absolute atomic E-state index is 0.158. The van der Waals surface area contributed by atoms with Crippen molar-refractivity contribution < 1.29 is 28.6 Å². The fraction of sp³-hybridized carbons (Fsp3) is 0.318. The van der Waals surface area contributed by atoms with Gasteiger partial charge in [0.05, 0.1) is 31.3 Å². The summed E-state index contributed by atoms with van der Waals surface area (Å²) in [4.78, 5) is 38.1. The van der Waals surface area contributed by atoms with E-state index in [1.165, 1.54) is 21.3 Å². The molecule has 2 amide bonds. The van der Waals surface area contributed by atoms with Crippen LogP contribution >= 0.6 is 11.3 Å². The van der Waals surface area contributed by atoms with Crippen molar-refractivity contribution in [3.8, 4) is 11.5 Å². The molecule has 0 aliphatic rings. The van der Waals surface area contributed by atoms with E-state index in [0.29, 0.717) is 33.9 Å². The summed E-state index contributed by atoms with van der Waals surface area (Å²) in [5.41, 5.74) is 1.63. The van der Waals surface area contributed by atoms with E-state index in [9.17, 15) is 14.4 Å². The molecular weight excluding hydrogens is 420 g/mol. The summed E-state index contributed by atoms with van der Waals surface area (Å²) < 4.78 is 15.9. The Morgan fingerprint density at radius 1 is 1.16 bits per heavy atom. The van der Waals surface area contributed by atoms with Crippen LogP contribution in [0.4, 0.5) is 5.00 Å². The summed E-state index contributed by atoms with van der Waals surface area (Å²) in [7, 11) is 4.49. The molecular formula is C22H26N2O6S. The number of benzene rings is 1. The molecule has 8 nitrogen and oxygen atoms in total. The van der Waals surface area contributed by atoms with Crippen LogP contribution in [0.2, 0.25) is 0 Å². The first-order chi connectivity index (χ1) is 14.8. The minimum atomic E-state index is -0.610. The summed E-state index contributed by atoms with van der Waals surface area (Å²) in [5, 5.41) is 5.51. The SMILES string of the molecule is C=CCc1cc(C(=O)Nc2sc(C(=O)NC)c(C)c2C(=O)OCC)cc(OC)c1OC. The smallest absolute Gasteiger partial charge is 0.341 e. The van der Waals surface area contributed by atoms with Crippen LogP contribution in [0.15, 0.2) is 24.8 Å². The molecule has 0 radical (unpaired) electrons. The molecule has 166 valence electrons. The Morgan fingerprint density at radius 3 is 2.42 bits per heavy atom. The number of methoxy groups -OCH3 is 2. The second-order valence-electron chi connectivity index (χ2n) is 6.38. The van der Waals surface area contributed by atoms with E-state index in [-0.39, 0.29) is 23.1 Å². The van der Waals surface area contributed by atoms with Crippen LogP contribution in [0.5, 0.6) is 11.5 Å². The lowest BCUT2D eigenvalue weighted by atomic mass is 10.0. The van der Waals surface area contributed by atoms with Crippen LogP contribution in [0.3, 0.4) is 0 Å². The highest BCUT2D eigenvalue weighted by Crippen LogP contribution is 2.36. The number of hydrogen-bond donors (Lipinski definition) is 2. The molecule has 0 bridgehead atoms. The van der Waals surface area contributed by atoms with E-state index in [1.807, 2.05) is 0 Å². The third kappa shape index (κ3) is 5.05. The predicted molar refractivity (Wildman–Crippen MR) is 120 cm³/mol. The van der Waals surface area contributed by atoms with Crippen molar-refractivity contribution in [2.24, 2.45) is 0 Å². The second kappa shape index (κ2) is 10.6. The van der Waals surface area contributed by atoms with Gasteiger partial charge in [-0.2, -0.15) is 0 Å². The lowest BCUT2D eigenvalue weighted by Crippen LogP contribution is -2.18. The minimum Gasteiger partial charge on any atom is -0.493 e. The van der Waals surface area contributed by atoms with Crippen LogP contribution < -0.4 is 20.1 Å². The quantitative estimate of drug-likeness (QED) is 0.451.